The Morgan fingerprint density at radius 3 is 2.85 bits per heavy atom. The fourth-order valence-electron chi connectivity index (χ4n) is 4.21. The third-order valence-corrected chi connectivity index (χ3v) is 5.47. The lowest BCUT2D eigenvalue weighted by Gasteiger charge is -2.38. The van der Waals surface area contributed by atoms with Gasteiger partial charge in [-0.15, -0.1) is 0 Å². The average Bonchev–Trinajstić information content (AvgIpc) is 3.11. The van der Waals surface area contributed by atoms with E-state index in [4.69, 9.17) is 0 Å². The van der Waals surface area contributed by atoms with Crippen LogP contribution in [0.4, 0.5) is 11.4 Å². The van der Waals surface area contributed by atoms with Crippen molar-refractivity contribution in [3.8, 4) is 0 Å². The van der Waals surface area contributed by atoms with Crippen LogP contribution in [-0.2, 0) is 0 Å². The zero-order valence-electron chi connectivity index (χ0n) is 14.2. The van der Waals surface area contributed by atoms with Crippen molar-refractivity contribution in [1.82, 2.24) is 0 Å². The summed E-state index contributed by atoms with van der Waals surface area (Å²) < 4.78 is 0. The van der Waals surface area contributed by atoms with Crippen molar-refractivity contribution < 1.29 is 14.8 Å². The number of nitrogens with zero attached hydrogens (tertiary/aromatic N) is 1. The quantitative estimate of drug-likeness (QED) is 0.485. The molecule has 2 aromatic carbocycles. The smallest absolute Gasteiger partial charge is 0.336 e. The molecular weight excluding hydrogens is 332 g/mol. The molecule has 0 radical (unpaired) electrons. The molecule has 6 nitrogen and oxygen atoms in total. The van der Waals surface area contributed by atoms with Crippen LogP contribution in [0.15, 0.2) is 48.6 Å². The SMILES string of the molecule is Cc1c(C(=O)O)ccc2c1N[C@@H](c1cccc([N+](=O)[O-])c1)[C@H]1CC=C[C@@H]21. The predicted octanol–water partition coefficient (Wildman–Crippen LogP) is 4.43. The maximum absolute atomic E-state index is 11.5. The first-order chi connectivity index (χ1) is 12.5. The predicted molar refractivity (Wildman–Crippen MR) is 97.6 cm³/mol. The number of anilines is 1. The van der Waals surface area contributed by atoms with Crippen LogP contribution in [-0.4, -0.2) is 16.0 Å². The largest absolute Gasteiger partial charge is 0.478 e. The van der Waals surface area contributed by atoms with Crippen molar-refractivity contribution in [2.24, 2.45) is 5.92 Å². The Hall–Kier alpha value is -3.15. The maximum atomic E-state index is 11.5. The molecule has 4 rings (SSSR count). The third-order valence-electron chi connectivity index (χ3n) is 5.47. The van der Waals surface area contributed by atoms with Crippen LogP contribution in [0.3, 0.4) is 0 Å². The van der Waals surface area contributed by atoms with E-state index < -0.39 is 10.9 Å². The molecule has 0 aromatic heterocycles. The molecule has 2 N–H and O–H groups in total. The Balaban J connectivity index is 1.83. The maximum Gasteiger partial charge on any atom is 0.336 e. The molecular formula is C20H18N2O4. The number of carboxylic acids is 1. The van der Waals surface area contributed by atoms with Gasteiger partial charge in [0.2, 0.25) is 0 Å². The van der Waals surface area contributed by atoms with E-state index in [1.807, 2.05) is 12.1 Å². The molecule has 0 saturated carbocycles. The summed E-state index contributed by atoms with van der Waals surface area (Å²) in [5.41, 5.74) is 3.80. The van der Waals surface area contributed by atoms with Crippen LogP contribution in [0.25, 0.3) is 0 Å². The molecule has 2 aliphatic rings. The summed E-state index contributed by atoms with van der Waals surface area (Å²) in [5, 5.41) is 24.1. The number of nitro benzene ring substituents is 1. The van der Waals surface area contributed by atoms with Crippen LogP contribution in [0, 0.1) is 23.0 Å². The number of nitrogens with one attached hydrogen (secondary N) is 1. The molecule has 3 atom stereocenters. The van der Waals surface area contributed by atoms with Gasteiger partial charge in [-0.25, -0.2) is 4.79 Å². The minimum atomic E-state index is -0.955. The lowest BCUT2D eigenvalue weighted by molar-refractivity contribution is -0.384. The number of allylic oxidation sites excluding steroid dienone is 2. The van der Waals surface area contributed by atoms with E-state index in [0.717, 1.165) is 23.2 Å². The number of aromatic carboxylic acids is 1. The number of nitro groups is 1. The molecule has 1 heterocycles. The second kappa shape index (κ2) is 5.98. The molecule has 0 fully saturated rings. The van der Waals surface area contributed by atoms with Gasteiger partial charge >= 0.3 is 5.97 Å². The van der Waals surface area contributed by atoms with Crippen LogP contribution in [0.5, 0.6) is 0 Å². The van der Waals surface area contributed by atoms with Crippen molar-refractivity contribution in [3.63, 3.8) is 0 Å². The Kier molecular flexibility index (Phi) is 3.76. The second-order valence-corrected chi connectivity index (χ2v) is 6.84. The molecule has 2 aromatic rings. The highest BCUT2D eigenvalue weighted by Gasteiger charge is 2.39. The van der Waals surface area contributed by atoms with Crippen molar-refractivity contribution >= 4 is 17.3 Å². The van der Waals surface area contributed by atoms with Gasteiger partial charge in [-0.05, 0) is 42.0 Å². The first-order valence-electron chi connectivity index (χ1n) is 8.51. The normalized spacial score (nSPS) is 23.0. The molecule has 0 bridgehead atoms. The molecule has 132 valence electrons. The molecule has 0 spiro atoms. The Morgan fingerprint density at radius 1 is 1.31 bits per heavy atom. The number of carbonyl (C=O) groups is 1. The average molecular weight is 350 g/mol. The van der Waals surface area contributed by atoms with Gasteiger partial charge in [0.15, 0.2) is 0 Å². The topological polar surface area (TPSA) is 92.5 Å². The Morgan fingerprint density at radius 2 is 2.12 bits per heavy atom. The molecule has 26 heavy (non-hydrogen) atoms. The summed E-state index contributed by atoms with van der Waals surface area (Å²) in [4.78, 5) is 22.2. The van der Waals surface area contributed by atoms with Gasteiger partial charge in [0.05, 0.1) is 16.5 Å². The van der Waals surface area contributed by atoms with Gasteiger partial charge in [0.25, 0.3) is 5.69 Å². The van der Waals surface area contributed by atoms with E-state index in [9.17, 15) is 20.0 Å². The highest BCUT2D eigenvalue weighted by Crippen LogP contribution is 2.51. The molecule has 0 saturated heterocycles. The van der Waals surface area contributed by atoms with Crippen molar-refractivity contribution in [2.45, 2.75) is 25.3 Å². The number of non-ortho nitro benzene ring substituents is 1. The summed E-state index contributed by atoms with van der Waals surface area (Å²) in [5.74, 6) is -0.528. The van der Waals surface area contributed by atoms with Gasteiger partial charge in [-0.3, -0.25) is 10.1 Å². The number of hydrogen-bond donors (Lipinski definition) is 2. The zero-order valence-corrected chi connectivity index (χ0v) is 14.2. The molecule has 6 heteroatoms. The van der Waals surface area contributed by atoms with E-state index in [0.29, 0.717) is 5.56 Å². The van der Waals surface area contributed by atoms with Crippen LogP contribution in [0.1, 0.15) is 45.4 Å². The van der Waals surface area contributed by atoms with Crippen LogP contribution in [0.2, 0.25) is 0 Å². The van der Waals surface area contributed by atoms with E-state index >= 15 is 0 Å². The van der Waals surface area contributed by atoms with Gasteiger partial charge in [0, 0.05) is 23.7 Å². The minimum Gasteiger partial charge on any atom is -0.478 e. The van der Waals surface area contributed by atoms with Crippen LogP contribution >= 0.6 is 0 Å². The first kappa shape index (κ1) is 16.3. The summed E-state index contributed by atoms with van der Waals surface area (Å²) in [6.07, 6.45) is 5.18. The highest BCUT2D eigenvalue weighted by atomic mass is 16.6. The standard InChI is InChI=1S/C20H18N2O4/c1-11-14(20(23)24)8-9-17-15-6-3-7-16(15)19(21-18(11)17)12-4-2-5-13(10-12)22(25)26/h2-6,8-10,15-16,19,21H,7H2,1H3,(H,23,24)/t15-,16+,19+/m1/s1. The second-order valence-electron chi connectivity index (χ2n) is 6.84. The van der Waals surface area contributed by atoms with Crippen molar-refractivity contribution in [1.29, 1.82) is 0 Å². The lowest BCUT2D eigenvalue weighted by Crippen LogP contribution is -2.30. The zero-order chi connectivity index (χ0) is 18.4. The third kappa shape index (κ3) is 2.45. The highest BCUT2D eigenvalue weighted by molar-refractivity contribution is 5.92. The molecule has 1 aliphatic heterocycles. The summed E-state index contributed by atoms with van der Waals surface area (Å²) in [7, 11) is 0. The van der Waals surface area contributed by atoms with Crippen molar-refractivity contribution in [2.75, 3.05) is 5.32 Å². The van der Waals surface area contributed by atoms with Gasteiger partial charge < -0.3 is 10.4 Å². The van der Waals surface area contributed by atoms with Gasteiger partial charge in [-0.2, -0.15) is 0 Å². The number of carboxylic acid groups (broad SMARTS) is 1. The Bertz CT molecular complexity index is 951. The van der Waals surface area contributed by atoms with Gasteiger partial charge in [-0.1, -0.05) is 30.4 Å². The van der Waals surface area contributed by atoms with E-state index in [2.05, 4.69) is 17.5 Å². The lowest BCUT2D eigenvalue weighted by atomic mass is 9.76. The number of rotatable bonds is 3. The van der Waals surface area contributed by atoms with Crippen molar-refractivity contribution in [3.05, 3.63) is 80.9 Å². The number of hydrogen-bond acceptors (Lipinski definition) is 4. The molecule has 1 aliphatic carbocycles. The fraction of sp³-hybridized carbons (Fsp3) is 0.250. The molecule has 0 amide bonds. The first-order valence-corrected chi connectivity index (χ1v) is 8.51. The Labute approximate surface area is 150 Å². The summed E-state index contributed by atoms with van der Waals surface area (Å²) in [6.45, 7) is 1.80. The van der Waals surface area contributed by atoms with Gasteiger partial charge in [0.1, 0.15) is 0 Å². The van der Waals surface area contributed by atoms with E-state index in [1.54, 1.807) is 25.1 Å². The summed E-state index contributed by atoms with van der Waals surface area (Å²) >= 11 is 0. The molecule has 0 unspecified atom stereocenters. The number of fused-ring (bicyclic) bond motifs is 3. The van der Waals surface area contributed by atoms with E-state index in [-0.39, 0.29) is 29.1 Å². The number of benzene rings is 2. The minimum absolute atomic E-state index is 0.0635. The summed E-state index contributed by atoms with van der Waals surface area (Å²) in [6, 6.07) is 10.1. The van der Waals surface area contributed by atoms with Crippen LogP contribution < -0.4 is 5.32 Å². The fourth-order valence-corrected chi connectivity index (χ4v) is 4.21. The monoisotopic (exact) mass is 350 g/mol. The van der Waals surface area contributed by atoms with E-state index in [1.165, 1.54) is 6.07 Å².